The van der Waals surface area contributed by atoms with Crippen LogP contribution in [0.2, 0.25) is 0 Å². The third kappa shape index (κ3) is 2.62. The van der Waals surface area contributed by atoms with Crippen LogP contribution in [0.25, 0.3) is 0 Å². The van der Waals surface area contributed by atoms with Gasteiger partial charge in [-0.05, 0) is 38.6 Å². The molecule has 2 atom stereocenters. The topological polar surface area (TPSA) is 30.9 Å². The molecule has 23 heavy (non-hydrogen) atoms. The first-order chi connectivity index (χ1) is 10.6. The first-order valence-corrected chi connectivity index (χ1v) is 8.11. The van der Waals surface area contributed by atoms with Crippen LogP contribution in [-0.2, 0) is 10.2 Å². The maximum atomic E-state index is 5.91. The average molecular weight is 321 g/mol. The first-order valence-electron chi connectivity index (χ1n) is 8.11. The lowest BCUT2D eigenvalue weighted by atomic mass is 9.57. The molecule has 2 rings (SSSR count). The van der Waals surface area contributed by atoms with Crippen molar-refractivity contribution in [2.45, 2.75) is 38.7 Å². The van der Waals surface area contributed by atoms with Crippen LogP contribution >= 0.6 is 0 Å². The average Bonchev–Trinajstić information content (AvgIpc) is 2.78. The van der Waals surface area contributed by atoms with E-state index in [-0.39, 0.29) is 16.4 Å². The van der Waals surface area contributed by atoms with Crippen LogP contribution in [0.5, 0.6) is 11.5 Å². The van der Waals surface area contributed by atoms with Crippen LogP contribution < -0.4 is 9.47 Å². The molecular formula is C19H31NO3. The number of ether oxygens (including phenoxy) is 3. The molecule has 1 fully saturated rings. The zero-order valence-corrected chi connectivity index (χ0v) is 15.8. The standard InChI is InChI=1S/C19H31NO3/c1-17(2,23-8)19(4)13-20(5)12-18(19,3)14-9-10-15(21-6)16(11-14)22-7/h9-11H,12-13H2,1-8H3/t18-,19-/m0/s1. The van der Waals surface area contributed by atoms with Crippen molar-refractivity contribution in [3.05, 3.63) is 23.8 Å². The molecule has 0 aliphatic carbocycles. The van der Waals surface area contributed by atoms with E-state index in [1.54, 1.807) is 21.3 Å². The van der Waals surface area contributed by atoms with Gasteiger partial charge in [-0.25, -0.2) is 0 Å². The highest BCUT2D eigenvalue weighted by Crippen LogP contribution is 2.55. The van der Waals surface area contributed by atoms with Gasteiger partial charge in [0.1, 0.15) is 0 Å². The van der Waals surface area contributed by atoms with Gasteiger partial charge in [0.15, 0.2) is 11.5 Å². The molecule has 0 amide bonds. The first kappa shape index (κ1) is 18.1. The van der Waals surface area contributed by atoms with Crippen molar-refractivity contribution in [2.24, 2.45) is 5.41 Å². The van der Waals surface area contributed by atoms with Gasteiger partial charge in [-0.2, -0.15) is 0 Å². The summed E-state index contributed by atoms with van der Waals surface area (Å²) in [4.78, 5) is 2.39. The molecule has 0 unspecified atom stereocenters. The summed E-state index contributed by atoms with van der Waals surface area (Å²) in [6.45, 7) is 11.0. The third-order valence-electron chi connectivity index (χ3n) is 6.25. The second-order valence-corrected chi connectivity index (χ2v) is 7.62. The lowest BCUT2D eigenvalue weighted by Gasteiger charge is -2.50. The molecule has 1 heterocycles. The Kier molecular flexibility index (Phi) is 4.71. The summed E-state index contributed by atoms with van der Waals surface area (Å²) >= 11 is 0. The summed E-state index contributed by atoms with van der Waals surface area (Å²) in [5.74, 6) is 1.54. The Labute approximate surface area is 140 Å². The van der Waals surface area contributed by atoms with Crippen molar-refractivity contribution >= 4 is 0 Å². The molecular weight excluding hydrogens is 290 g/mol. The number of nitrogens with zero attached hydrogens (tertiary/aromatic N) is 1. The minimum Gasteiger partial charge on any atom is -0.493 e. The Morgan fingerprint density at radius 1 is 1.00 bits per heavy atom. The van der Waals surface area contributed by atoms with Crippen LogP contribution in [0.3, 0.4) is 0 Å². The quantitative estimate of drug-likeness (QED) is 0.832. The van der Waals surface area contributed by atoms with Gasteiger partial charge in [0.25, 0.3) is 0 Å². The maximum absolute atomic E-state index is 5.91. The monoisotopic (exact) mass is 321 g/mol. The van der Waals surface area contributed by atoms with E-state index in [0.29, 0.717) is 0 Å². The van der Waals surface area contributed by atoms with E-state index in [4.69, 9.17) is 14.2 Å². The molecule has 1 aliphatic rings. The lowest BCUT2D eigenvalue weighted by molar-refractivity contribution is -0.0979. The molecule has 0 aromatic heterocycles. The van der Waals surface area contributed by atoms with Crippen molar-refractivity contribution in [2.75, 3.05) is 41.5 Å². The largest absolute Gasteiger partial charge is 0.493 e. The Morgan fingerprint density at radius 3 is 2.13 bits per heavy atom. The van der Waals surface area contributed by atoms with Gasteiger partial charge in [0, 0.05) is 31.0 Å². The molecule has 1 aliphatic heterocycles. The molecule has 130 valence electrons. The second-order valence-electron chi connectivity index (χ2n) is 7.62. The van der Waals surface area contributed by atoms with Gasteiger partial charge in [-0.1, -0.05) is 19.9 Å². The van der Waals surface area contributed by atoms with Crippen LogP contribution in [0.4, 0.5) is 0 Å². The molecule has 0 N–H and O–H groups in total. The molecule has 1 saturated heterocycles. The summed E-state index contributed by atoms with van der Waals surface area (Å²) in [6.07, 6.45) is 0. The molecule has 0 bridgehead atoms. The Morgan fingerprint density at radius 2 is 1.61 bits per heavy atom. The van der Waals surface area contributed by atoms with Crippen molar-refractivity contribution in [1.82, 2.24) is 4.90 Å². The minimum absolute atomic E-state index is 0.0386. The fraction of sp³-hybridized carbons (Fsp3) is 0.684. The fourth-order valence-electron chi connectivity index (χ4n) is 4.15. The number of likely N-dealkylation sites (tertiary alicyclic amines) is 1. The second kappa shape index (κ2) is 5.99. The van der Waals surface area contributed by atoms with Crippen molar-refractivity contribution in [1.29, 1.82) is 0 Å². The molecule has 0 spiro atoms. The highest BCUT2D eigenvalue weighted by atomic mass is 16.5. The van der Waals surface area contributed by atoms with Crippen LogP contribution in [0.15, 0.2) is 18.2 Å². The smallest absolute Gasteiger partial charge is 0.161 e. The van der Waals surface area contributed by atoms with E-state index >= 15 is 0 Å². The molecule has 4 heteroatoms. The Hall–Kier alpha value is -1.26. The predicted octanol–water partition coefficient (Wildman–Crippen LogP) is 3.34. The highest BCUT2D eigenvalue weighted by molar-refractivity contribution is 5.47. The molecule has 0 saturated carbocycles. The SMILES string of the molecule is COc1ccc([C@]2(C)CN(C)C[C@@]2(C)C(C)(C)OC)cc1OC. The van der Waals surface area contributed by atoms with E-state index < -0.39 is 0 Å². The zero-order chi connectivity index (χ0) is 17.5. The summed E-state index contributed by atoms with van der Waals surface area (Å²) in [7, 11) is 7.33. The summed E-state index contributed by atoms with van der Waals surface area (Å²) in [5, 5.41) is 0. The van der Waals surface area contributed by atoms with E-state index in [1.807, 2.05) is 6.07 Å². The maximum Gasteiger partial charge on any atom is 0.161 e. The van der Waals surface area contributed by atoms with Gasteiger partial charge >= 0.3 is 0 Å². The fourth-order valence-corrected chi connectivity index (χ4v) is 4.15. The van der Waals surface area contributed by atoms with Crippen molar-refractivity contribution in [3.8, 4) is 11.5 Å². The van der Waals surface area contributed by atoms with Gasteiger partial charge in [-0.3, -0.25) is 0 Å². The van der Waals surface area contributed by atoms with E-state index in [0.717, 1.165) is 24.6 Å². The molecule has 1 aromatic carbocycles. The van der Waals surface area contributed by atoms with Crippen LogP contribution in [0.1, 0.15) is 33.3 Å². The number of benzene rings is 1. The van der Waals surface area contributed by atoms with E-state index in [2.05, 4.69) is 51.8 Å². The molecule has 1 aromatic rings. The van der Waals surface area contributed by atoms with Gasteiger partial charge < -0.3 is 19.1 Å². The minimum atomic E-state index is -0.250. The summed E-state index contributed by atoms with van der Waals surface area (Å²) < 4.78 is 16.8. The Balaban J connectivity index is 2.58. The van der Waals surface area contributed by atoms with E-state index in [1.165, 1.54) is 5.56 Å². The number of methoxy groups -OCH3 is 3. The molecule has 0 radical (unpaired) electrons. The molecule has 4 nitrogen and oxygen atoms in total. The van der Waals surface area contributed by atoms with E-state index in [9.17, 15) is 0 Å². The zero-order valence-electron chi connectivity index (χ0n) is 15.8. The van der Waals surface area contributed by atoms with Crippen LogP contribution in [-0.4, -0.2) is 52.0 Å². The number of rotatable bonds is 5. The van der Waals surface area contributed by atoms with Crippen molar-refractivity contribution < 1.29 is 14.2 Å². The predicted molar refractivity (Wildman–Crippen MR) is 93.6 cm³/mol. The van der Waals surface area contributed by atoms with Gasteiger partial charge in [-0.15, -0.1) is 0 Å². The van der Waals surface area contributed by atoms with Gasteiger partial charge in [0.05, 0.1) is 19.8 Å². The van der Waals surface area contributed by atoms with Gasteiger partial charge in [0.2, 0.25) is 0 Å². The highest BCUT2D eigenvalue weighted by Gasteiger charge is 2.59. The third-order valence-corrected chi connectivity index (χ3v) is 6.25. The number of hydrogen-bond acceptors (Lipinski definition) is 4. The Bertz CT molecular complexity index is 572. The van der Waals surface area contributed by atoms with Crippen molar-refractivity contribution in [3.63, 3.8) is 0 Å². The van der Waals surface area contributed by atoms with Crippen LogP contribution in [0, 0.1) is 5.41 Å². The summed E-state index contributed by atoms with van der Waals surface area (Å²) in [5.41, 5.74) is 0.913. The number of likely N-dealkylation sites (N-methyl/N-ethyl adjacent to an activating group) is 1. The lowest BCUT2D eigenvalue weighted by Crippen LogP contribution is -2.55. The number of hydrogen-bond donors (Lipinski definition) is 0. The summed E-state index contributed by atoms with van der Waals surface area (Å²) in [6, 6.07) is 6.27. The normalized spacial score (nSPS) is 28.9.